The van der Waals surface area contributed by atoms with E-state index < -0.39 is 0 Å². The van der Waals surface area contributed by atoms with Crippen LogP contribution >= 0.6 is 0 Å². The quantitative estimate of drug-likeness (QED) is 0.305. The predicted molar refractivity (Wildman–Crippen MR) is 180 cm³/mol. The van der Waals surface area contributed by atoms with Crippen molar-refractivity contribution >= 4 is 0 Å². The molecule has 6 fully saturated rings. The van der Waals surface area contributed by atoms with E-state index >= 15 is 0 Å². The van der Waals surface area contributed by atoms with Gasteiger partial charge in [0, 0.05) is 0 Å². The van der Waals surface area contributed by atoms with Gasteiger partial charge >= 0.3 is 0 Å². The van der Waals surface area contributed by atoms with Gasteiger partial charge < -0.3 is 0 Å². The Morgan fingerprint density at radius 3 is 1.02 bits per heavy atom. The third-order valence-corrected chi connectivity index (χ3v) is 13.8. The van der Waals surface area contributed by atoms with E-state index in [0.29, 0.717) is 0 Å². The molecule has 0 heterocycles. The molecule has 0 nitrogen and oxygen atoms in total. The van der Waals surface area contributed by atoms with Crippen LogP contribution in [0.5, 0.6) is 0 Å². The average Bonchev–Trinajstić information content (AvgIpc) is 3.80. The summed E-state index contributed by atoms with van der Waals surface area (Å²) in [6.45, 7) is 18.9. The standard InChI is InChI=1S/2C11H20.C10H20.C8H16/c1-3-9-5-8-6-10(4-2)11(9)7-8;1-3-8-5-11-7-10(8)6-9(11)4-2;1-3-9-5-7-10(4-2)8-6-9;1-7-3-5-8(2)6-4-7/h2*8-11H,3-7H2,1-2H3;9-10H,3-8H2,1-2H3;7-8H,3-6H2,1-2H3. The zero-order valence-electron chi connectivity index (χ0n) is 29.1. The van der Waals surface area contributed by atoms with Gasteiger partial charge in [0.25, 0.3) is 0 Å². The van der Waals surface area contributed by atoms with Gasteiger partial charge in [-0.15, -0.1) is 0 Å². The summed E-state index contributed by atoms with van der Waals surface area (Å²) in [5, 5.41) is 0. The Hall–Kier alpha value is 0. The Bertz CT molecular complexity index is 582. The second-order valence-corrected chi connectivity index (χ2v) is 16.2. The van der Waals surface area contributed by atoms with Gasteiger partial charge in [-0.1, -0.05) is 145 Å². The van der Waals surface area contributed by atoms with E-state index in [4.69, 9.17) is 0 Å². The summed E-state index contributed by atoms with van der Waals surface area (Å²) in [7, 11) is 0. The molecule has 4 bridgehead atoms. The first-order valence-electron chi connectivity index (χ1n) is 19.3. The van der Waals surface area contributed by atoms with Gasteiger partial charge in [-0.2, -0.15) is 0 Å². The van der Waals surface area contributed by atoms with Crippen LogP contribution in [0.2, 0.25) is 0 Å². The highest BCUT2D eigenvalue weighted by Gasteiger charge is 2.44. The van der Waals surface area contributed by atoms with Gasteiger partial charge in [0.1, 0.15) is 0 Å². The van der Waals surface area contributed by atoms with Gasteiger partial charge in [-0.3, -0.25) is 0 Å². The van der Waals surface area contributed by atoms with E-state index in [1.165, 1.54) is 89.9 Å². The van der Waals surface area contributed by atoms with Gasteiger partial charge in [0.05, 0.1) is 0 Å². The lowest BCUT2D eigenvalue weighted by Gasteiger charge is -2.27. The molecule has 0 amide bonds. The fraction of sp³-hybridized carbons (Fsp3) is 1.00. The monoisotopic (exact) mass is 557 g/mol. The van der Waals surface area contributed by atoms with E-state index in [-0.39, 0.29) is 0 Å². The van der Waals surface area contributed by atoms with Gasteiger partial charge in [0.2, 0.25) is 0 Å². The zero-order valence-corrected chi connectivity index (χ0v) is 29.1. The first-order valence-corrected chi connectivity index (χ1v) is 19.3. The van der Waals surface area contributed by atoms with Crippen molar-refractivity contribution in [2.75, 3.05) is 0 Å². The van der Waals surface area contributed by atoms with Crippen molar-refractivity contribution < 1.29 is 0 Å². The number of hydrogen-bond acceptors (Lipinski definition) is 0. The highest BCUT2D eigenvalue weighted by molar-refractivity contribution is 4.95. The van der Waals surface area contributed by atoms with E-state index in [0.717, 1.165) is 71.0 Å². The molecule has 0 saturated heterocycles. The van der Waals surface area contributed by atoms with Crippen LogP contribution in [0.1, 0.15) is 184 Å². The fourth-order valence-electron chi connectivity index (χ4n) is 10.6. The maximum Gasteiger partial charge on any atom is -0.0355 e. The molecule has 0 aliphatic heterocycles. The molecule has 6 unspecified atom stereocenters. The summed E-state index contributed by atoms with van der Waals surface area (Å²) in [5.74, 6) is 13.2. The van der Waals surface area contributed by atoms with Crippen LogP contribution in [0.4, 0.5) is 0 Å². The molecule has 0 N–H and O–H groups in total. The lowest BCUT2D eigenvalue weighted by molar-refractivity contribution is 0.227. The molecule has 6 aliphatic carbocycles. The van der Waals surface area contributed by atoms with Crippen molar-refractivity contribution in [1.82, 2.24) is 0 Å². The summed E-state index contributed by atoms with van der Waals surface area (Å²) in [6, 6.07) is 0. The molecule has 6 rings (SSSR count). The largest absolute Gasteiger partial charge is 0.0651 e. The second-order valence-electron chi connectivity index (χ2n) is 16.2. The molecule has 6 saturated carbocycles. The van der Waals surface area contributed by atoms with E-state index in [9.17, 15) is 0 Å². The number of hydrogen-bond donors (Lipinski definition) is 0. The molecule has 0 spiro atoms. The van der Waals surface area contributed by atoms with Crippen molar-refractivity contribution in [2.45, 2.75) is 184 Å². The third-order valence-electron chi connectivity index (χ3n) is 13.8. The van der Waals surface area contributed by atoms with Crippen LogP contribution in [-0.4, -0.2) is 0 Å². The Balaban J connectivity index is 0.000000148. The lowest BCUT2D eigenvalue weighted by atomic mass is 9.78. The van der Waals surface area contributed by atoms with Crippen LogP contribution in [0.3, 0.4) is 0 Å². The molecular formula is C40H76. The minimum Gasteiger partial charge on any atom is -0.0651 e. The maximum atomic E-state index is 2.37. The Morgan fingerprint density at radius 1 is 0.375 bits per heavy atom. The Morgan fingerprint density at radius 2 is 0.750 bits per heavy atom. The molecule has 0 aromatic carbocycles. The third kappa shape index (κ3) is 10.0. The van der Waals surface area contributed by atoms with Crippen molar-refractivity contribution in [3.63, 3.8) is 0 Å². The van der Waals surface area contributed by atoms with Crippen molar-refractivity contribution in [3.8, 4) is 0 Å². The smallest absolute Gasteiger partial charge is 0.0355 e. The van der Waals surface area contributed by atoms with Gasteiger partial charge in [-0.25, -0.2) is 0 Å². The van der Waals surface area contributed by atoms with Crippen molar-refractivity contribution in [1.29, 1.82) is 0 Å². The van der Waals surface area contributed by atoms with Crippen LogP contribution in [0.15, 0.2) is 0 Å². The molecular weight excluding hydrogens is 480 g/mol. The predicted octanol–water partition coefficient (Wildman–Crippen LogP) is 13.4. The SMILES string of the molecule is CC1CCC(C)CC1.CCC1CC2CC(CC)C1C2.CCC1CC2CC1CC2CC.CCC1CCC(CC)CC1. The van der Waals surface area contributed by atoms with Crippen molar-refractivity contribution in [3.05, 3.63) is 0 Å². The van der Waals surface area contributed by atoms with E-state index in [1.807, 2.05) is 0 Å². The number of rotatable bonds is 6. The summed E-state index contributed by atoms with van der Waals surface area (Å²) in [4.78, 5) is 0. The molecule has 40 heavy (non-hydrogen) atoms. The van der Waals surface area contributed by atoms with Crippen molar-refractivity contribution in [2.24, 2.45) is 71.0 Å². The summed E-state index contributed by atoms with van der Waals surface area (Å²) in [6.07, 6.45) is 30.0. The fourth-order valence-corrected chi connectivity index (χ4v) is 10.6. The molecule has 236 valence electrons. The van der Waals surface area contributed by atoms with Gasteiger partial charge in [0.15, 0.2) is 0 Å². The molecule has 0 aromatic heterocycles. The Kier molecular flexibility index (Phi) is 15.5. The topological polar surface area (TPSA) is 0 Å². The normalized spacial score (nSPS) is 43.2. The maximum absolute atomic E-state index is 2.37. The van der Waals surface area contributed by atoms with Crippen LogP contribution in [-0.2, 0) is 0 Å². The zero-order chi connectivity index (χ0) is 29.1. The first kappa shape index (κ1) is 34.5. The van der Waals surface area contributed by atoms with Crippen LogP contribution < -0.4 is 0 Å². The van der Waals surface area contributed by atoms with E-state index in [2.05, 4.69) is 55.4 Å². The lowest BCUT2D eigenvalue weighted by Crippen LogP contribution is -2.18. The molecule has 0 heteroatoms. The van der Waals surface area contributed by atoms with E-state index in [1.54, 1.807) is 38.5 Å². The molecule has 6 aliphatic rings. The minimum absolute atomic E-state index is 1.02. The minimum atomic E-state index is 1.02. The summed E-state index contributed by atoms with van der Waals surface area (Å²) in [5.41, 5.74) is 0. The highest BCUT2D eigenvalue weighted by Crippen LogP contribution is 2.54. The summed E-state index contributed by atoms with van der Waals surface area (Å²) < 4.78 is 0. The Labute approximate surface area is 254 Å². The second kappa shape index (κ2) is 18.0. The van der Waals surface area contributed by atoms with Crippen LogP contribution in [0, 0.1) is 71.0 Å². The molecule has 0 radical (unpaired) electrons. The highest BCUT2D eigenvalue weighted by atomic mass is 14.5. The summed E-state index contributed by atoms with van der Waals surface area (Å²) >= 11 is 0. The molecule has 0 aromatic rings. The average molecular weight is 557 g/mol. The van der Waals surface area contributed by atoms with Crippen LogP contribution in [0.25, 0.3) is 0 Å². The number of fused-ring (bicyclic) bond motifs is 4. The van der Waals surface area contributed by atoms with Gasteiger partial charge in [-0.05, 0) is 110 Å². The molecule has 6 atom stereocenters. The first-order chi connectivity index (χ1) is 19.3.